The van der Waals surface area contributed by atoms with Gasteiger partial charge in [0, 0.05) is 16.3 Å². The quantitative estimate of drug-likeness (QED) is 0.787. The first-order chi connectivity index (χ1) is 6.59. The van der Waals surface area contributed by atoms with E-state index in [1.807, 2.05) is 12.1 Å². The van der Waals surface area contributed by atoms with E-state index in [1.165, 1.54) is 4.88 Å². The normalized spacial score (nSPS) is 13.5. The summed E-state index contributed by atoms with van der Waals surface area (Å²) in [5.41, 5.74) is 0. The van der Waals surface area contributed by atoms with Crippen LogP contribution in [0.15, 0.2) is 12.1 Å². The zero-order valence-corrected chi connectivity index (χ0v) is 9.90. The minimum atomic E-state index is -0.354. The average Bonchev–Trinajstić information content (AvgIpc) is 2.51. The summed E-state index contributed by atoms with van der Waals surface area (Å²) >= 11 is 1.66. The third-order valence-corrected chi connectivity index (χ3v) is 3.08. The van der Waals surface area contributed by atoms with Crippen molar-refractivity contribution >= 4 is 11.3 Å². The highest BCUT2D eigenvalue weighted by atomic mass is 32.1. The summed E-state index contributed by atoms with van der Waals surface area (Å²) in [6.07, 6.45) is -0.354. The van der Waals surface area contributed by atoms with Gasteiger partial charge in [-0.25, -0.2) is 0 Å². The van der Waals surface area contributed by atoms with Crippen LogP contribution in [0.2, 0.25) is 0 Å². The molecule has 1 aromatic rings. The van der Waals surface area contributed by atoms with E-state index in [0.717, 1.165) is 11.4 Å². The Morgan fingerprint density at radius 3 is 2.57 bits per heavy atom. The van der Waals surface area contributed by atoms with Gasteiger partial charge < -0.3 is 10.4 Å². The molecule has 80 valence electrons. The summed E-state index contributed by atoms with van der Waals surface area (Å²) in [6, 6.07) is 4.05. The topological polar surface area (TPSA) is 32.3 Å². The second kappa shape index (κ2) is 5.49. The smallest absolute Gasteiger partial charge is 0.101 e. The van der Waals surface area contributed by atoms with Crippen molar-refractivity contribution in [3.8, 4) is 0 Å². The molecule has 0 aliphatic rings. The maximum absolute atomic E-state index is 9.79. The van der Waals surface area contributed by atoms with Crippen molar-refractivity contribution in [2.24, 2.45) is 5.92 Å². The van der Waals surface area contributed by atoms with Crippen LogP contribution in [0.1, 0.15) is 29.7 Å². The summed E-state index contributed by atoms with van der Waals surface area (Å²) in [5.74, 6) is 0.632. The molecular formula is C11H19NOS. The van der Waals surface area contributed by atoms with Gasteiger partial charge in [-0.3, -0.25) is 0 Å². The molecule has 1 aromatic heterocycles. The van der Waals surface area contributed by atoms with E-state index in [-0.39, 0.29) is 6.10 Å². The maximum Gasteiger partial charge on any atom is 0.101 e. The number of nitrogens with one attached hydrogen (secondary N) is 1. The molecular weight excluding hydrogens is 194 g/mol. The number of hydrogen-bond acceptors (Lipinski definition) is 3. The highest BCUT2D eigenvalue weighted by molar-refractivity contribution is 7.12. The SMILES string of the molecule is Cc1ccc(C(O)CNCC(C)C)s1. The Bertz CT molecular complexity index is 270. The maximum atomic E-state index is 9.79. The van der Waals surface area contributed by atoms with Crippen LogP contribution in [-0.2, 0) is 0 Å². The van der Waals surface area contributed by atoms with Crippen LogP contribution in [0, 0.1) is 12.8 Å². The van der Waals surface area contributed by atoms with E-state index in [9.17, 15) is 5.11 Å². The highest BCUT2D eigenvalue weighted by Crippen LogP contribution is 2.21. The molecule has 0 amide bonds. The van der Waals surface area contributed by atoms with E-state index >= 15 is 0 Å². The lowest BCUT2D eigenvalue weighted by Gasteiger charge is -2.11. The molecule has 2 nitrogen and oxygen atoms in total. The van der Waals surface area contributed by atoms with Gasteiger partial charge in [0.2, 0.25) is 0 Å². The van der Waals surface area contributed by atoms with E-state index in [2.05, 4.69) is 26.1 Å². The van der Waals surface area contributed by atoms with Crippen molar-refractivity contribution in [3.63, 3.8) is 0 Å². The lowest BCUT2D eigenvalue weighted by Crippen LogP contribution is -2.24. The standard InChI is InChI=1S/C11H19NOS/c1-8(2)6-12-7-10(13)11-5-4-9(3)14-11/h4-5,8,10,12-13H,6-7H2,1-3H3. The van der Waals surface area contributed by atoms with Gasteiger partial charge in [0.05, 0.1) is 0 Å². The van der Waals surface area contributed by atoms with E-state index in [0.29, 0.717) is 12.5 Å². The molecule has 1 atom stereocenters. The van der Waals surface area contributed by atoms with Crippen LogP contribution in [-0.4, -0.2) is 18.2 Å². The first kappa shape index (κ1) is 11.7. The number of hydrogen-bond donors (Lipinski definition) is 2. The summed E-state index contributed by atoms with van der Waals surface area (Å²) in [4.78, 5) is 2.31. The van der Waals surface area contributed by atoms with Crippen molar-refractivity contribution in [1.82, 2.24) is 5.32 Å². The van der Waals surface area contributed by atoms with Crippen molar-refractivity contribution in [2.75, 3.05) is 13.1 Å². The fourth-order valence-corrected chi connectivity index (χ4v) is 2.11. The second-order valence-corrected chi connectivity index (χ2v) is 5.34. The van der Waals surface area contributed by atoms with Crippen LogP contribution in [0.5, 0.6) is 0 Å². The van der Waals surface area contributed by atoms with Crippen LogP contribution in [0.25, 0.3) is 0 Å². The summed E-state index contributed by atoms with van der Waals surface area (Å²) in [7, 11) is 0. The van der Waals surface area contributed by atoms with Crippen LogP contribution in [0.3, 0.4) is 0 Å². The highest BCUT2D eigenvalue weighted by Gasteiger charge is 2.08. The molecule has 0 saturated heterocycles. The molecule has 0 saturated carbocycles. The summed E-state index contributed by atoms with van der Waals surface area (Å²) in [5, 5.41) is 13.0. The first-order valence-corrected chi connectivity index (χ1v) is 5.86. The number of aliphatic hydroxyl groups excluding tert-OH is 1. The van der Waals surface area contributed by atoms with Gasteiger partial charge in [0.15, 0.2) is 0 Å². The van der Waals surface area contributed by atoms with Crippen molar-refractivity contribution < 1.29 is 5.11 Å². The molecule has 1 heterocycles. The average molecular weight is 213 g/mol. The Balaban J connectivity index is 2.32. The van der Waals surface area contributed by atoms with Crippen molar-refractivity contribution in [2.45, 2.75) is 26.9 Å². The Kier molecular flexibility index (Phi) is 4.58. The molecule has 0 radical (unpaired) electrons. The molecule has 0 aliphatic carbocycles. The van der Waals surface area contributed by atoms with Crippen LogP contribution in [0.4, 0.5) is 0 Å². The predicted molar refractivity (Wildman–Crippen MR) is 61.7 cm³/mol. The van der Waals surface area contributed by atoms with Gasteiger partial charge in [-0.1, -0.05) is 13.8 Å². The zero-order chi connectivity index (χ0) is 10.6. The lowest BCUT2D eigenvalue weighted by molar-refractivity contribution is 0.177. The second-order valence-electron chi connectivity index (χ2n) is 4.02. The van der Waals surface area contributed by atoms with Crippen molar-refractivity contribution in [3.05, 3.63) is 21.9 Å². The minimum Gasteiger partial charge on any atom is -0.386 e. The van der Waals surface area contributed by atoms with Gasteiger partial charge in [0.1, 0.15) is 6.10 Å². The third kappa shape index (κ3) is 3.78. The van der Waals surface area contributed by atoms with E-state index in [1.54, 1.807) is 11.3 Å². The molecule has 0 aliphatic heterocycles. The Hall–Kier alpha value is -0.380. The molecule has 0 spiro atoms. The Morgan fingerprint density at radius 2 is 2.07 bits per heavy atom. The monoisotopic (exact) mass is 213 g/mol. The zero-order valence-electron chi connectivity index (χ0n) is 9.08. The van der Waals surface area contributed by atoms with Gasteiger partial charge >= 0.3 is 0 Å². The number of rotatable bonds is 5. The van der Waals surface area contributed by atoms with Gasteiger partial charge in [-0.15, -0.1) is 11.3 Å². The minimum absolute atomic E-state index is 0.354. The largest absolute Gasteiger partial charge is 0.386 e. The number of thiophene rings is 1. The number of aliphatic hydroxyl groups is 1. The van der Waals surface area contributed by atoms with Gasteiger partial charge in [-0.05, 0) is 31.5 Å². The fourth-order valence-electron chi connectivity index (χ4n) is 1.24. The fraction of sp³-hybridized carbons (Fsp3) is 0.636. The lowest BCUT2D eigenvalue weighted by atomic mass is 10.2. The van der Waals surface area contributed by atoms with Crippen LogP contribution < -0.4 is 5.32 Å². The van der Waals surface area contributed by atoms with Crippen LogP contribution >= 0.6 is 11.3 Å². The predicted octanol–water partition coefficient (Wildman–Crippen LogP) is 2.34. The molecule has 14 heavy (non-hydrogen) atoms. The third-order valence-electron chi connectivity index (χ3n) is 1.98. The van der Waals surface area contributed by atoms with Gasteiger partial charge in [0.25, 0.3) is 0 Å². The van der Waals surface area contributed by atoms with Crippen molar-refractivity contribution in [1.29, 1.82) is 0 Å². The molecule has 1 rings (SSSR count). The summed E-state index contributed by atoms with van der Waals surface area (Å²) in [6.45, 7) is 7.99. The molecule has 0 fully saturated rings. The van der Waals surface area contributed by atoms with E-state index < -0.39 is 0 Å². The number of aryl methyl sites for hydroxylation is 1. The Morgan fingerprint density at radius 1 is 1.36 bits per heavy atom. The van der Waals surface area contributed by atoms with E-state index in [4.69, 9.17) is 0 Å². The molecule has 3 heteroatoms. The Labute approximate surface area is 90.0 Å². The first-order valence-electron chi connectivity index (χ1n) is 5.04. The molecule has 2 N–H and O–H groups in total. The molecule has 1 unspecified atom stereocenters. The van der Waals surface area contributed by atoms with Gasteiger partial charge in [-0.2, -0.15) is 0 Å². The molecule has 0 aromatic carbocycles. The summed E-state index contributed by atoms with van der Waals surface area (Å²) < 4.78 is 0. The molecule has 0 bridgehead atoms.